The van der Waals surface area contributed by atoms with Crippen molar-refractivity contribution in [2.24, 2.45) is 0 Å². The minimum absolute atomic E-state index is 0.0174. The lowest BCUT2D eigenvalue weighted by Gasteiger charge is -2.09. The van der Waals surface area contributed by atoms with E-state index in [4.69, 9.17) is 13.9 Å². The first-order valence-electron chi connectivity index (χ1n) is 8.89. The van der Waals surface area contributed by atoms with Crippen LogP contribution in [-0.2, 0) is 14.3 Å². The average Bonchev–Trinajstić information content (AvgIpc) is 2.71. The van der Waals surface area contributed by atoms with Gasteiger partial charge < -0.3 is 24.3 Å². The second-order valence-electron chi connectivity index (χ2n) is 6.03. The molecule has 1 heterocycles. The largest absolute Gasteiger partial charge is 0.507 e. The van der Waals surface area contributed by atoms with E-state index in [1.807, 2.05) is 18.2 Å². The molecule has 2 aromatic carbocycles. The maximum atomic E-state index is 12.4. The molecule has 0 bridgehead atoms. The van der Waals surface area contributed by atoms with Crippen LogP contribution in [0.25, 0.3) is 22.3 Å². The highest BCUT2D eigenvalue weighted by Crippen LogP contribution is 2.31. The number of rotatable bonds is 7. The molecule has 0 atom stereocenters. The molecule has 1 aromatic heterocycles. The van der Waals surface area contributed by atoms with E-state index in [0.29, 0.717) is 11.3 Å². The van der Waals surface area contributed by atoms with Crippen molar-refractivity contribution in [3.05, 3.63) is 58.8 Å². The van der Waals surface area contributed by atoms with Crippen molar-refractivity contribution in [1.82, 2.24) is 5.32 Å². The summed E-state index contributed by atoms with van der Waals surface area (Å²) in [5.74, 6) is -0.948. The Hall–Kier alpha value is -3.81. The van der Waals surface area contributed by atoms with Gasteiger partial charge in [-0.15, -0.1) is 0 Å². The normalized spacial score (nSPS) is 10.5. The third kappa shape index (κ3) is 4.92. The van der Waals surface area contributed by atoms with E-state index in [1.165, 1.54) is 18.2 Å². The summed E-state index contributed by atoms with van der Waals surface area (Å²) in [7, 11) is 0. The van der Waals surface area contributed by atoms with Crippen LogP contribution in [0, 0.1) is 0 Å². The Balaban J connectivity index is 1.78. The van der Waals surface area contributed by atoms with Crippen molar-refractivity contribution in [3.8, 4) is 22.8 Å². The van der Waals surface area contributed by atoms with Crippen molar-refractivity contribution in [3.63, 3.8) is 0 Å². The molecule has 0 aliphatic heterocycles. The molecule has 3 aromatic rings. The van der Waals surface area contributed by atoms with Crippen molar-refractivity contribution < 1.29 is 28.6 Å². The Morgan fingerprint density at radius 2 is 1.90 bits per heavy atom. The zero-order chi connectivity index (χ0) is 20.8. The first kappa shape index (κ1) is 19.9. The number of carbonyl (C=O) groups excluding carboxylic acids is 2. The standard InChI is InChI=1S/C21H19NO7/c1-2-27-20(26)11-22-19(25)12-28-14-8-15(23)21-16(24)10-17(29-18(21)9-14)13-6-4-3-5-7-13/h3-10,23H,2,11-12H2,1H3,(H,22,25). The summed E-state index contributed by atoms with van der Waals surface area (Å²) in [4.78, 5) is 35.4. The van der Waals surface area contributed by atoms with E-state index in [-0.39, 0.29) is 35.6 Å². The zero-order valence-electron chi connectivity index (χ0n) is 15.6. The molecule has 0 aliphatic rings. The van der Waals surface area contributed by atoms with E-state index in [0.717, 1.165) is 0 Å². The summed E-state index contributed by atoms with van der Waals surface area (Å²) >= 11 is 0. The number of hydrogen-bond donors (Lipinski definition) is 2. The summed E-state index contributed by atoms with van der Waals surface area (Å²) < 4.78 is 15.8. The van der Waals surface area contributed by atoms with Crippen LogP contribution in [0.5, 0.6) is 11.5 Å². The molecular weight excluding hydrogens is 378 g/mol. The van der Waals surface area contributed by atoms with Crippen LogP contribution in [-0.4, -0.2) is 36.7 Å². The maximum absolute atomic E-state index is 12.4. The first-order chi connectivity index (χ1) is 14.0. The number of benzene rings is 2. The number of fused-ring (bicyclic) bond motifs is 1. The number of esters is 1. The van der Waals surface area contributed by atoms with Crippen molar-refractivity contribution in [2.75, 3.05) is 19.8 Å². The van der Waals surface area contributed by atoms with Gasteiger partial charge in [0.1, 0.15) is 34.8 Å². The van der Waals surface area contributed by atoms with E-state index in [1.54, 1.807) is 19.1 Å². The molecule has 8 nitrogen and oxygen atoms in total. The van der Waals surface area contributed by atoms with Gasteiger partial charge in [-0.05, 0) is 6.92 Å². The van der Waals surface area contributed by atoms with Crippen LogP contribution in [0.2, 0.25) is 0 Å². The SMILES string of the molecule is CCOC(=O)CNC(=O)COc1cc(O)c2c(=O)cc(-c3ccccc3)oc2c1. The summed E-state index contributed by atoms with van der Waals surface area (Å²) in [5, 5.41) is 12.6. The van der Waals surface area contributed by atoms with Crippen LogP contribution in [0.3, 0.4) is 0 Å². The lowest BCUT2D eigenvalue weighted by Crippen LogP contribution is -2.34. The Morgan fingerprint density at radius 3 is 2.62 bits per heavy atom. The van der Waals surface area contributed by atoms with Crippen LogP contribution in [0.1, 0.15) is 6.92 Å². The van der Waals surface area contributed by atoms with Crippen molar-refractivity contribution >= 4 is 22.8 Å². The number of phenols is 1. The monoisotopic (exact) mass is 397 g/mol. The molecule has 29 heavy (non-hydrogen) atoms. The van der Waals surface area contributed by atoms with Crippen LogP contribution < -0.4 is 15.5 Å². The highest BCUT2D eigenvalue weighted by atomic mass is 16.5. The molecule has 0 saturated heterocycles. The van der Waals surface area contributed by atoms with E-state index >= 15 is 0 Å². The number of ether oxygens (including phenoxy) is 2. The number of amides is 1. The number of hydrogen-bond acceptors (Lipinski definition) is 7. The Kier molecular flexibility index (Phi) is 6.13. The van der Waals surface area contributed by atoms with Gasteiger partial charge in [-0.3, -0.25) is 14.4 Å². The molecule has 0 saturated carbocycles. The van der Waals surface area contributed by atoms with Gasteiger partial charge in [0, 0.05) is 23.8 Å². The van der Waals surface area contributed by atoms with Gasteiger partial charge in [-0.2, -0.15) is 0 Å². The minimum Gasteiger partial charge on any atom is -0.507 e. The van der Waals surface area contributed by atoms with Gasteiger partial charge in [0.05, 0.1) is 6.61 Å². The molecule has 0 fully saturated rings. The van der Waals surface area contributed by atoms with Crippen LogP contribution in [0.15, 0.2) is 57.7 Å². The lowest BCUT2D eigenvalue weighted by molar-refractivity contribution is -0.143. The van der Waals surface area contributed by atoms with Gasteiger partial charge in [0.25, 0.3) is 5.91 Å². The summed E-state index contributed by atoms with van der Waals surface area (Å²) in [6, 6.07) is 13.0. The lowest BCUT2D eigenvalue weighted by atomic mass is 10.1. The highest BCUT2D eigenvalue weighted by Gasteiger charge is 2.14. The van der Waals surface area contributed by atoms with Crippen molar-refractivity contribution in [2.45, 2.75) is 6.92 Å². The Bertz CT molecular complexity index is 1090. The summed E-state index contributed by atoms with van der Waals surface area (Å²) in [6.07, 6.45) is 0. The van der Waals surface area contributed by atoms with Gasteiger partial charge in [0.2, 0.25) is 0 Å². The molecule has 2 N–H and O–H groups in total. The van der Waals surface area contributed by atoms with E-state index < -0.39 is 23.9 Å². The zero-order valence-corrected chi connectivity index (χ0v) is 15.6. The molecule has 0 spiro atoms. The maximum Gasteiger partial charge on any atom is 0.325 e. The second-order valence-corrected chi connectivity index (χ2v) is 6.03. The fourth-order valence-corrected chi connectivity index (χ4v) is 2.65. The van der Waals surface area contributed by atoms with Crippen molar-refractivity contribution in [1.29, 1.82) is 0 Å². The number of carbonyl (C=O) groups is 2. The summed E-state index contributed by atoms with van der Waals surface area (Å²) in [5.41, 5.74) is 0.426. The molecule has 1 amide bonds. The molecule has 3 rings (SSSR count). The molecular formula is C21H19NO7. The fraction of sp³-hybridized carbons (Fsp3) is 0.190. The topological polar surface area (TPSA) is 115 Å². The number of phenolic OH excluding ortho intramolecular Hbond substituents is 1. The molecule has 150 valence electrons. The Morgan fingerprint density at radius 1 is 1.14 bits per heavy atom. The first-order valence-corrected chi connectivity index (χ1v) is 8.89. The van der Waals surface area contributed by atoms with Crippen LogP contribution in [0.4, 0.5) is 0 Å². The Labute approximate surface area is 165 Å². The third-order valence-electron chi connectivity index (χ3n) is 3.95. The van der Waals surface area contributed by atoms with Gasteiger partial charge in [-0.1, -0.05) is 30.3 Å². The van der Waals surface area contributed by atoms with E-state index in [9.17, 15) is 19.5 Å². The smallest absolute Gasteiger partial charge is 0.325 e. The van der Waals surface area contributed by atoms with Gasteiger partial charge >= 0.3 is 5.97 Å². The highest BCUT2D eigenvalue weighted by molar-refractivity contribution is 5.86. The molecule has 8 heteroatoms. The number of aromatic hydroxyl groups is 1. The predicted octanol–water partition coefficient (Wildman–Crippen LogP) is 2.22. The number of nitrogens with one attached hydrogen (secondary N) is 1. The third-order valence-corrected chi connectivity index (χ3v) is 3.95. The second kappa shape index (κ2) is 8.92. The molecule has 0 aliphatic carbocycles. The molecule has 0 unspecified atom stereocenters. The quantitative estimate of drug-likeness (QED) is 0.588. The molecule has 0 radical (unpaired) electrons. The average molecular weight is 397 g/mol. The van der Waals surface area contributed by atoms with Gasteiger partial charge in [0.15, 0.2) is 12.0 Å². The van der Waals surface area contributed by atoms with Gasteiger partial charge in [-0.25, -0.2) is 0 Å². The predicted molar refractivity (Wildman–Crippen MR) is 105 cm³/mol. The minimum atomic E-state index is -0.556. The van der Waals surface area contributed by atoms with Crippen LogP contribution >= 0.6 is 0 Å². The fourth-order valence-electron chi connectivity index (χ4n) is 2.65. The summed E-state index contributed by atoms with van der Waals surface area (Å²) in [6.45, 7) is 1.22. The van der Waals surface area contributed by atoms with E-state index in [2.05, 4.69) is 5.32 Å².